The van der Waals surface area contributed by atoms with Gasteiger partial charge in [-0.15, -0.1) is 0 Å². The summed E-state index contributed by atoms with van der Waals surface area (Å²) in [6.45, 7) is 2.22. The van der Waals surface area contributed by atoms with E-state index >= 15 is 0 Å². The Kier molecular flexibility index (Phi) is 9.62. The molecule has 4 heteroatoms. The van der Waals surface area contributed by atoms with Gasteiger partial charge in [0.2, 0.25) is 0 Å². The first-order valence-corrected chi connectivity index (χ1v) is 7.64. The quantitative estimate of drug-likeness (QED) is 0.498. The van der Waals surface area contributed by atoms with E-state index in [1.807, 2.05) is 0 Å². The van der Waals surface area contributed by atoms with E-state index in [0.717, 1.165) is 5.33 Å². The zero-order chi connectivity index (χ0) is 10.1. The lowest BCUT2D eigenvalue weighted by Gasteiger charge is -2.21. The second-order valence-electron chi connectivity index (χ2n) is 3.22. The van der Waals surface area contributed by atoms with Crippen LogP contribution in [0.3, 0.4) is 0 Å². The van der Waals surface area contributed by atoms with E-state index in [9.17, 15) is 0 Å². The Morgan fingerprint density at radius 3 is 2.23 bits per heavy atom. The predicted octanol–water partition coefficient (Wildman–Crippen LogP) is 2.85. The molecule has 0 amide bonds. The topological polar surface area (TPSA) is 18.5 Å². The first-order chi connectivity index (χ1) is 6.29. The molecule has 0 saturated carbocycles. The highest BCUT2D eigenvalue weighted by Crippen LogP contribution is 2.24. The molecule has 2 nitrogen and oxygen atoms in total. The van der Waals surface area contributed by atoms with Gasteiger partial charge in [0.05, 0.1) is 0 Å². The molecule has 0 aromatic carbocycles. The minimum absolute atomic E-state index is 0.678. The van der Waals surface area contributed by atoms with Crippen molar-refractivity contribution in [2.75, 3.05) is 19.5 Å². The van der Waals surface area contributed by atoms with Crippen molar-refractivity contribution in [3.8, 4) is 0 Å². The molecule has 0 saturated heterocycles. The highest BCUT2D eigenvalue weighted by atomic mass is 79.9. The molecule has 0 aromatic rings. The van der Waals surface area contributed by atoms with E-state index in [2.05, 4.69) is 22.9 Å². The largest absolute Gasteiger partial charge is 0.400 e. The summed E-state index contributed by atoms with van der Waals surface area (Å²) < 4.78 is 10.8. The SMILES string of the molecule is CCCC(CCCBr)[SiH](OC)OC. The molecule has 0 aliphatic rings. The van der Waals surface area contributed by atoms with Gasteiger partial charge in [-0.25, -0.2) is 0 Å². The van der Waals surface area contributed by atoms with Crippen molar-refractivity contribution in [3.05, 3.63) is 0 Å². The van der Waals surface area contributed by atoms with Gasteiger partial charge < -0.3 is 8.85 Å². The molecule has 0 heterocycles. The Labute approximate surface area is 92.0 Å². The second-order valence-corrected chi connectivity index (χ2v) is 6.64. The summed E-state index contributed by atoms with van der Waals surface area (Å²) in [5, 5.41) is 1.09. The average Bonchev–Trinajstić information content (AvgIpc) is 2.16. The molecule has 0 spiro atoms. The van der Waals surface area contributed by atoms with Crippen LogP contribution >= 0.6 is 15.9 Å². The summed E-state index contributed by atoms with van der Waals surface area (Å²) in [6.07, 6.45) is 4.92. The zero-order valence-electron chi connectivity index (χ0n) is 8.88. The highest BCUT2D eigenvalue weighted by molar-refractivity contribution is 9.09. The number of hydrogen-bond donors (Lipinski definition) is 0. The van der Waals surface area contributed by atoms with Crippen LogP contribution in [0.5, 0.6) is 0 Å². The Bertz CT molecular complexity index is 110. The van der Waals surface area contributed by atoms with E-state index < -0.39 is 9.28 Å². The number of hydrogen-bond acceptors (Lipinski definition) is 2. The van der Waals surface area contributed by atoms with Crippen LogP contribution in [0.4, 0.5) is 0 Å². The third kappa shape index (κ3) is 5.83. The van der Waals surface area contributed by atoms with E-state index in [-0.39, 0.29) is 0 Å². The standard InChI is InChI=1S/C9H21BrO2Si/c1-4-6-9(7-5-8-10)13(11-2)12-3/h9,13H,4-8H2,1-3H3. The lowest BCUT2D eigenvalue weighted by Crippen LogP contribution is -2.26. The molecule has 0 radical (unpaired) electrons. The van der Waals surface area contributed by atoms with Crippen molar-refractivity contribution < 1.29 is 8.85 Å². The van der Waals surface area contributed by atoms with E-state index in [0.29, 0.717) is 5.54 Å². The van der Waals surface area contributed by atoms with Crippen molar-refractivity contribution in [3.63, 3.8) is 0 Å². The van der Waals surface area contributed by atoms with Gasteiger partial charge in [0.15, 0.2) is 0 Å². The molecular weight excluding hydrogens is 248 g/mol. The fraction of sp³-hybridized carbons (Fsp3) is 1.00. The van der Waals surface area contributed by atoms with Gasteiger partial charge in [0.25, 0.3) is 0 Å². The van der Waals surface area contributed by atoms with Crippen LogP contribution in [0, 0.1) is 0 Å². The maximum Gasteiger partial charge on any atom is 0.324 e. The van der Waals surface area contributed by atoms with Gasteiger partial charge in [-0.3, -0.25) is 0 Å². The predicted molar refractivity (Wildman–Crippen MR) is 62.9 cm³/mol. The summed E-state index contributed by atoms with van der Waals surface area (Å²) in [4.78, 5) is 0. The van der Waals surface area contributed by atoms with Crippen LogP contribution in [0.2, 0.25) is 5.54 Å². The molecule has 0 bridgehead atoms. The molecule has 0 rings (SSSR count). The molecule has 0 aromatic heterocycles. The normalized spacial score (nSPS) is 13.6. The van der Waals surface area contributed by atoms with Gasteiger partial charge in [0.1, 0.15) is 0 Å². The molecule has 0 aliphatic carbocycles. The first kappa shape index (κ1) is 13.6. The molecule has 0 fully saturated rings. The minimum Gasteiger partial charge on any atom is -0.400 e. The summed E-state index contributed by atoms with van der Waals surface area (Å²) in [6, 6.07) is 0. The van der Waals surface area contributed by atoms with Crippen molar-refractivity contribution >= 4 is 25.2 Å². The summed E-state index contributed by atoms with van der Waals surface area (Å²) in [5.41, 5.74) is 0.678. The summed E-state index contributed by atoms with van der Waals surface area (Å²) in [5.74, 6) is 0. The van der Waals surface area contributed by atoms with Gasteiger partial charge in [-0.2, -0.15) is 0 Å². The van der Waals surface area contributed by atoms with E-state index in [4.69, 9.17) is 8.85 Å². The molecule has 13 heavy (non-hydrogen) atoms. The Balaban J connectivity index is 3.88. The second kappa shape index (κ2) is 9.18. The van der Waals surface area contributed by atoms with Gasteiger partial charge in [-0.1, -0.05) is 29.3 Å². The van der Waals surface area contributed by atoms with Crippen LogP contribution < -0.4 is 0 Å². The van der Waals surface area contributed by atoms with Crippen LogP contribution in [-0.4, -0.2) is 28.8 Å². The van der Waals surface area contributed by atoms with E-state index in [1.165, 1.54) is 25.7 Å². The number of halogens is 1. The van der Waals surface area contributed by atoms with Crippen molar-refractivity contribution in [2.45, 2.75) is 38.1 Å². The van der Waals surface area contributed by atoms with Crippen molar-refractivity contribution in [1.82, 2.24) is 0 Å². The van der Waals surface area contributed by atoms with Crippen molar-refractivity contribution in [1.29, 1.82) is 0 Å². The third-order valence-corrected chi connectivity index (χ3v) is 5.14. The Morgan fingerprint density at radius 1 is 1.23 bits per heavy atom. The zero-order valence-corrected chi connectivity index (χ0v) is 11.6. The Hall–Kier alpha value is 0.617. The van der Waals surface area contributed by atoms with Crippen molar-refractivity contribution in [2.24, 2.45) is 0 Å². The maximum absolute atomic E-state index is 5.41. The lowest BCUT2D eigenvalue weighted by atomic mass is 10.1. The number of rotatable bonds is 8. The molecule has 1 atom stereocenters. The smallest absolute Gasteiger partial charge is 0.324 e. The van der Waals surface area contributed by atoms with Crippen LogP contribution in [0.1, 0.15) is 32.6 Å². The fourth-order valence-electron chi connectivity index (χ4n) is 1.61. The molecule has 0 N–H and O–H groups in total. The average molecular weight is 269 g/mol. The lowest BCUT2D eigenvalue weighted by molar-refractivity contribution is 0.259. The van der Waals surface area contributed by atoms with Crippen LogP contribution in [0.15, 0.2) is 0 Å². The molecule has 80 valence electrons. The highest BCUT2D eigenvalue weighted by Gasteiger charge is 2.22. The van der Waals surface area contributed by atoms with Gasteiger partial charge in [-0.05, 0) is 24.8 Å². The summed E-state index contributed by atoms with van der Waals surface area (Å²) >= 11 is 3.46. The molecular formula is C9H21BrO2Si. The van der Waals surface area contributed by atoms with Crippen LogP contribution in [0.25, 0.3) is 0 Å². The number of alkyl halides is 1. The fourth-order valence-corrected chi connectivity index (χ4v) is 4.01. The van der Waals surface area contributed by atoms with Gasteiger partial charge >= 0.3 is 9.28 Å². The molecule has 0 aliphatic heterocycles. The minimum atomic E-state index is -1.38. The van der Waals surface area contributed by atoms with Crippen LogP contribution in [-0.2, 0) is 8.85 Å². The Morgan fingerprint density at radius 2 is 1.85 bits per heavy atom. The third-order valence-electron chi connectivity index (χ3n) is 2.22. The molecule has 1 unspecified atom stereocenters. The van der Waals surface area contributed by atoms with Gasteiger partial charge in [0, 0.05) is 19.5 Å². The van der Waals surface area contributed by atoms with E-state index in [1.54, 1.807) is 14.2 Å². The first-order valence-electron chi connectivity index (χ1n) is 4.91. The summed E-state index contributed by atoms with van der Waals surface area (Å²) in [7, 11) is 2.17. The maximum atomic E-state index is 5.41. The monoisotopic (exact) mass is 268 g/mol.